The number of carbonyl (C=O) groups excluding carboxylic acids is 1. The van der Waals surface area contributed by atoms with E-state index >= 15 is 0 Å². The third-order valence-corrected chi connectivity index (χ3v) is 3.53. The van der Waals surface area contributed by atoms with Gasteiger partial charge in [-0.05, 0) is 38.3 Å². The summed E-state index contributed by atoms with van der Waals surface area (Å²) in [6.07, 6.45) is 2.84. The molecule has 1 aromatic rings. The normalized spacial score (nSPS) is 13.8. The van der Waals surface area contributed by atoms with Gasteiger partial charge in [-0.25, -0.2) is 0 Å². The maximum Gasteiger partial charge on any atom is 0.305 e. The summed E-state index contributed by atoms with van der Waals surface area (Å²) in [5.74, 6) is -0.231. The Labute approximate surface area is 124 Å². The van der Waals surface area contributed by atoms with Gasteiger partial charge in [0.25, 0.3) is 5.91 Å². The zero-order valence-corrected chi connectivity index (χ0v) is 12.5. The van der Waals surface area contributed by atoms with Crippen molar-refractivity contribution in [1.29, 1.82) is 0 Å². The molecule has 0 spiro atoms. The van der Waals surface area contributed by atoms with Crippen molar-refractivity contribution in [2.24, 2.45) is 0 Å². The number of anilines is 1. The number of nitrogens with one attached hydrogen (secondary N) is 1. The van der Waals surface area contributed by atoms with Gasteiger partial charge in [0.1, 0.15) is 11.3 Å². The molecule has 2 rings (SSSR count). The molecule has 0 heterocycles. The number of rotatable bonds is 7. The van der Waals surface area contributed by atoms with Gasteiger partial charge in [0.05, 0.1) is 4.92 Å². The Bertz CT molecular complexity index is 541. The van der Waals surface area contributed by atoms with Crippen LogP contribution >= 0.6 is 0 Å². The predicted octanol–water partition coefficient (Wildman–Crippen LogP) is 3.04. The van der Waals surface area contributed by atoms with E-state index in [1.807, 2.05) is 13.8 Å². The van der Waals surface area contributed by atoms with Crippen molar-refractivity contribution in [3.05, 3.63) is 33.9 Å². The summed E-state index contributed by atoms with van der Waals surface area (Å²) in [4.78, 5) is 25.4. The predicted molar refractivity (Wildman–Crippen MR) is 81.6 cm³/mol. The van der Waals surface area contributed by atoms with Crippen molar-refractivity contribution < 1.29 is 9.72 Å². The van der Waals surface area contributed by atoms with Crippen molar-refractivity contribution >= 4 is 17.3 Å². The van der Waals surface area contributed by atoms with Crippen LogP contribution in [0.3, 0.4) is 0 Å². The maximum absolute atomic E-state index is 12.7. The molecule has 1 aliphatic rings. The fourth-order valence-electron chi connectivity index (χ4n) is 2.48. The zero-order valence-electron chi connectivity index (χ0n) is 12.5. The van der Waals surface area contributed by atoms with Gasteiger partial charge in [0, 0.05) is 19.1 Å². The average molecular weight is 291 g/mol. The van der Waals surface area contributed by atoms with E-state index in [0.29, 0.717) is 18.8 Å². The minimum Gasteiger partial charge on any atom is -0.380 e. The topological polar surface area (TPSA) is 75.5 Å². The Morgan fingerprint density at radius 2 is 2.14 bits per heavy atom. The second-order valence-electron chi connectivity index (χ2n) is 5.22. The first-order valence-electron chi connectivity index (χ1n) is 7.42. The molecule has 1 saturated carbocycles. The molecule has 114 valence electrons. The molecule has 6 nitrogen and oxygen atoms in total. The standard InChI is InChI=1S/C15H21N3O3/c1-3-10-17(11-8-9-11)15(19)12-6-5-7-13(16-4-2)14(12)18(20)21/h5-7,11,16H,3-4,8-10H2,1-2H3. The summed E-state index contributed by atoms with van der Waals surface area (Å²) in [7, 11) is 0. The highest BCUT2D eigenvalue weighted by Crippen LogP contribution is 2.33. The number of hydrogen-bond donors (Lipinski definition) is 1. The van der Waals surface area contributed by atoms with Gasteiger partial charge in [-0.1, -0.05) is 13.0 Å². The van der Waals surface area contributed by atoms with Crippen LogP contribution in [0, 0.1) is 10.1 Å². The number of benzene rings is 1. The summed E-state index contributed by atoms with van der Waals surface area (Å²) >= 11 is 0. The smallest absolute Gasteiger partial charge is 0.305 e. The first kappa shape index (κ1) is 15.3. The molecule has 1 N–H and O–H groups in total. The number of nitro groups is 1. The molecule has 1 fully saturated rings. The molecule has 0 bridgehead atoms. The van der Waals surface area contributed by atoms with Crippen molar-refractivity contribution in [3.8, 4) is 0 Å². The number of amides is 1. The molecule has 0 unspecified atom stereocenters. The Kier molecular flexibility index (Phi) is 4.77. The lowest BCUT2D eigenvalue weighted by Crippen LogP contribution is -2.34. The first-order valence-corrected chi connectivity index (χ1v) is 7.42. The molecule has 0 radical (unpaired) electrons. The van der Waals surface area contributed by atoms with Crippen LogP contribution in [0.25, 0.3) is 0 Å². The van der Waals surface area contributed by atoms with E-state index in [4.69, 9.17) is 0 Å². The summed E-state index contributed by atoms with van der Waals surface area (Å²) < 4.78 is 0. The van der Waals surface area contributed by atoms with Gasteiger partial charge in [-0.2, -0.15) is 0 Å². The monoisotopic (exact) mass is 291 g/mol. The number of nitro benzene ring substituents is 1. The highest BCUT2D eigenvalue weighted by Gasteiger charge is 2.35. The molecule has 0 aliphatic heterocycles. The van der Waals surface area contributed by atoms with Crippen LogP contribution in [-0.4, -0.2) is 34.9 Å². The maximum atomic E-state index is 12.7. The molecule has 0 saturated heterocycles. The van der Waals surface area contributed by atoms with Crippen LogP contribution in [0.5, 0.6) is 0 Å². The van der Waals surface area contributed by atoms with Crippen molar-refractivity contribution in [3.63, 3.8) is 0 Å². The summed E-state index contributed by atoms with van der Waals surface area (Å²) in [6.45, 7) is 5.09. The second kappa shape index (κ2) is 6.56. The lowest BCUT2D eigenvalue weighted by atomic mass is 10.1. The molecule has 1 aliphatic carbocycles. The summed E-state index contributed by atoms with van der Waals surface area (Å²) in [5, 5.41) is 14.3. The zero-order chi connectivity index (χ0) is 15.4. The van der Waals surface area contributed by atoms with E-state index in [2.05, 4.69) is 5.32 Å². The first-order chi connectivity index (χ1) is 10.1. The average Bonchev–Trinajstić information content (AvgIpc) is 3.28. The largest absolute Gasteiger partial charge is 0.380 e. The molecule has 0 atom stereocenters. The van der Waals surface area contributed by atoms with E-state index < -0.39 is 4.92 Å². The lowest BCUT2D eigenvalue weighted by molar-refractivity contribution is -0.384. The van der Waals surface area contributed by atoms with Crippen LogP contribution in [0.15, 0.2) is 18.2 Å². The SMILES string of the molecule is CCCN(C(=O)c1cccc(NCC)c1[N+](=O)[O-])C1CC1. The van der Waals surface area contributed by atoms with Crippen molar-refractivity contribution in [1.82, 2.24) is 4.90 Å². The van der Waals surface area contributed by atoms with Crippen LogP contribution < -0.4 is 5.32 Å². The molecule has 1 amide bonds. The van der Waals surface area contributed by atoms with Gasteiger partial charge in [-0.15, -0.1) is 0 Å². The molecule has 1 aromatic carbocycles. The van der Waals surface area contributed by atoms with Crippen LogP contribution in [0.1, 0.15) is 43.5 Å². The molecular weight excluding hydrogens is 270 g/mol. The lowest BCUT2D eigenvalue weighted by Gasteiger charge is -2.22. The molecule has 6 heteroatoms. The highest BCUT2D eigenvalue weighted by atomic mass is 16.6. The Morgan fingerprint density at radius 1 is 1.43 bits per heavy atom. The van der Waals surface area contributed by atoms with Gasteiger partial charge in [-0.3, -0.25) is 14.9 Å². The minimum absolute atomic E-state index is 0.119. The van der Waals surface area contributed by atoms with Crippen LogP contribution in [0.2, 0.25) is 0 Å². The summed E-state index contributed by atoms with van der Waals surface area (Å²) in [5.41, 5.74) is 0.463. The number of hydrogen-bond acceptors (Lipinski definition) is 4. The van der Waals surface area contributed by atoms with Crippen molar-refractivity contribution in [2.45, 2.75) is 39.2 Å². The molecular formula is C15H21N3O3. The molecule has 0 aromatic heterocycles. The van der Waals surface area contributed by atoms with Gasteiger partial charge < -0.3 is 10.2 Å². The van der Waals surface area contributed by atoms with Crippen molar-refractivity contribution in [2.75, 3.05) is 18.4 Å². The quantitative estimate of drug-likeness (QED) is 0.619. The van der Waals surface area contributed by atoms with E-state index in [-0.39, 0.29) is 23.2 Å². The van der Waals surface area contributed by atoms with E-state index in [9.17, 15) is 14.9 Å². The minimum atomic E-state index is -0.470. The number of carbonyl (C=O) groups is 1. The Balaban J connectivity index is 2.39. The van der Waals surface area contributed by atoms with E-state index in [1.54, 1.807) is 23.1 Å². The van der Waals surface area contributed by atoms with Crippen LogP contribution in [-0.2, 0) is 0 Å². The summed E-state index contributed by atoms with van der Waals surface area (Å²) in [6, 6.07) is 5.13. The fourth-order valence-corrected chi connectivity index (χ4v) is 2.48. The highest BCUT2D eigenvalue weighted by molar-refractivity contribution is 6.00. The van der Waals surface area contributed by atoms with Gasteiger partial charge in [0.15, 0.2) is 0 Å². The van der Waals surface area contributed by atoms with Gasteiger partial charge >= 0.3 is 5.69 Å². The van der Waals surface area contributed by atoms with E-state index in [1.165, 1.54) is 0 Å². The second-order valence-corrected chi connectivity index (χ2v) is 5.22. The van der Waals surface area contributed by atoms with Crippen LogP contribution in [0.4, 0.5) is 11.4 Å². The van der Waals surface area contributed by atoms with E-state index in [0.717, 1.165) is 19.3 Å². The molecule has 21 heavy (non-hydrogen) atoms. The third-order valence-electron chi connectivity index (χ3n) is 3.53. The number of nitrogens with zero attached hydrogens (tertiary/aromatic N) is 2. The fraction of sp³-hybridized carbons (Fsp3) is 0.533. The Hall–Kier alpha value is -2.11. The Morgan fingerprint density at radius 3 is 2.67 bits per heavy atom. The number of para-hydroxylation sites is 1. The third kappa shape index (κ3) is 3.32. The van der Waals surface area contributed by atoms with Gasteiger partial charge in [0.2, 0.25) is 0 Å².